The fourth-order valence-electron chi connectivity index (χ4n) is 2.38. The van der Waals surface area contributed by atoms with Crippen molar-refractivity contribution >= 4 is 17.6 Å². The number of carbonyl (C=O) groups excluding carboxylic acids is 1. The lowest BCUT2D eigenvalue weighted by atomic mass is 9.95. The lowest BCUT2D eigenvalue weighted by Gasteiger charge is -2.16. The minimum atomic E-state index is -4.52. The van der Waals surface area contributed by atoms with E-state index < -0.39 is 36.0 Å². The summed E-state index contributed by atoms with van der Waals surface area (Å²) in [5.74, 6) is -2.68. The Morgan fingerprint density at radius 3 is 2.32 bits per heavy atom. The van der Waals surface area contributed by atoms with Crippen molar-refractivity contribution in [2.75, 3.05) is 5.32 Å². The summed E-state index contributed by atoms with van der Waals surface area (Å²) in [5.41, 5.74) is -0.139. The average molecular weight is 351 g/mol. The third-order valence-corrected chi connectivity index (χ3v) is 3.57. The Morgan fingerprint density at radius 2 is 1.72 bits per heavy atom. The van der Waals surface area contributed by atoms with E-state index in [2.05, 4.69) is 5.32 Å². The number of hydrogen-bond donors (Lipinski definition) is 2. The number of hydrogen-bond acceptors (Lipinski definition) is 2. The molecular formula is C18H16F3NO3. The van der Waals surface area contributed by atoms with E-state index in [0.29, 0.717) is 0 Å². The summed E-state index contributed by atoms with van der Waals surface area (Å²) in [6.45, 7) is 0. The van der Waals surface area contributed by atoms with E-state index in [1.54, 1.807) is 30.3 Å². The minimum absolute atomic E-state index is 0.0247. The fourth-order valence-corrected chi connectivity index (χ4v) is 2.38. The van der Waals surface area contributed by atoms with Gasteiger partial charge in [0.2, 0.25) is 5.91 Å². The molecule has 1 atom stereocenters. The summed E-state index contributed by atoms with van der Waals surface area (Å²) < 4.78 is 38.2. The zero-order chi connectivity index (χ0) is 18.4. The first-order chi connectivity index (χ1) is 11.8. The second-order valence-electron chi connectivity index (χ2n) is 5.55. The van der Waals surface area contributed by atoms with Gasteiger partial charge in [-0.2, -0.15) is 13.2 Å². The molecule has 2 aromatic carbocycles. The molecule has 0 aromatic heterocycles. The molecular weight excluding hydrogens is 335 g/mol. The van der Waals surface area contributed by atoms with E-state index in [9.17, 15) is 22.8 Å². The Balaban J connectivity index is 2.15. The van der Waals surface area contributed by atoms with E-state index in [-0.39, 0.29) is 12.1 Å². The number of carbonyl (C=O) groups is 2. The Hall–Kier alpha value is -2.83. The number of aliphatic carboxylic acids is 1. The second kappa shape index (κ2) is 7.83. The number of amides is 1. The summed E-state index contributed by atoms with van der Waals surface area (Å²) in [6.07, 6.45) is -4.76. The summed E-state index contributed by atoms with van der Waals surface area (Å²) in [7, 11) is 0. The van der Waals surface area contributed by atoms with Gasteiger partial charge in [0.25, 0.3) is 0 Å². The molecule has 25 heavy (non-hydrogen) atoms. The first kappa shape index (κ1) is 18.5. The number of carboxylic acids is 1. The Bertz CT molecular complexity index is 745. The lowest BCUT2D eigenvalue weighted by molar-refractivity contribution is -0.140. The van der Waals surface area contributed by atoms with Crippen molar-refractivity contribution in [3.8, 4) is 0 Å². The average Bonchev–Trinajstić information content (AvgIpc) is 2.54. The normalized spacial score (nSPS) is 12.4. The molecule has 0 bridgehead atoms. The molecule has 0 saturated carbocycles. The van der Waals surface area contributed by atoms with Crippen LogP contribution < -0.4 is 5.32 Å². The molecule has 0 aliphatic carbocycles. The van der Waals surface area contributed by atoms with Crippen LogP contribution in [0.4, 0.5) is 18.9 Å². The smallest absolute Gasteiger partial charge is 0.416 e. The highest BCUT2D eigenvalue weighted by atomic mass is 19.4. The first-order valence-electron chi connectivity index (χ1n) is 7.49. The standard InChI is InChI=1S/C18H16F3NO3/c19-18(20,21)14-7-4-8-15(11-14)22-17(25)13(10-16(23)24)9-12-5-2-1-3-6-12/h1-8,11,13H,9-10H2,(H,22,25)(H,23,24)/t13-/m1/s1. The highest BCUT2D eigenvalue weighted by Gasteiger charge is 2.31. The van der Waals surface area contributed by atoms with Crippen molar-refractivity contribution in [2.45, 2.75) is 19.0 Å². The topological polar surface area (TPSA) is 66.4 Å². The third-order valence-electron chi connectivity index (χ3n) is 3.57. The largest absolute Gasteiger partial charge is 0.481 e. The molecule has 2 rings (SSSR count). The van der Waals surface area contributed by atoms with Crippen LogP contribution in [-0.2, 0) is 22.2 Å². The maximum atomic E-state index is 12.7. The molecule has 2 aromatic rings. The van der Waals surface area contributed by atoms with Crippen LogP contribution in [0.3, 0.4) is 0 Å². The molecule has 4 nitrogen and oxygen atoms in total. The van der Waals surface area contributed by atoms with Gasteiger partial charge in [-0.05, 0) is 30.2 Å². The molecule has 1 amide bonds. The van der Waals surface area contributed by atoms with E-state index in [1.165, 1.54) is 12.1 Å². The van der Waals surface area contributed by atoms with Crippen LogP contribution in [0.1, 0.15) is 17.5 Å². The SMILES string of the molecule is O=C(O)C[C@@H](Cc1ccccc1)C(=O)Nc1cccc(C(F)(F)F)c1. The van der Waals surface area contributed by atoms with Crippen molar-refractivity contribution in [1.82, 2.24) is 0 Å². The number of anilines is 1. The van der Waals surface area contributed by atoms with Crippen LogP contribution in [0.5, 0.6) is 0 Å². The van der Waals surface area contributed by atoms with Crippen molar-refractivity contribution < 1.29 is 27.9 Å². The molecule has 0 fully saturated rings. The lowest BCUT2D eigenvalue weighted by Crippen LogP contribution is -2.27. The molecule has 0 aliphatic heterocycles. The van der Waals surface area contributed by atoms with Crippen molar-refractivity contribution in [2.24, 2.45) is 5.92 Å². The van der Waals surface area contributed by atoms with Crippen LogP contribution in [0.15, 0.2) is 54.6 Å². The van der Waals surface area contributed by atoms with Gasteiger partial charge in [-0.25, -0.2) is 0 Å². The number of carboxylic acid groups (broad SMARTS) is 1. The van der Waals surface area contributed by atoms with Crippen molar-refractivity contribution in [1.29, 1.82) is 0 Å². The quantitative estimate of drug-likeness (QED) is 0.827. The van der Waals surface area contributed by atoms with Gasteiger partial charge in [-0.1, -0.05) is 36.4 Å². The Morgan fingerprint density at radius 1 is 1.04 bits per heavy atom. The summed E-state index contributed by atoms with van der Waals surface area (Å²) in [4.78, 5) is 23.4. The summed E-state index contributed by atoms with van der Waals surface area (Å²) >= 11 is 0. The van der Waals surface area contributed by atoms with Gasteiger partial charge < -0.3 is 10.4 Å². The molecule has 132 valence electrons. The Labute approximate surface area is 142 Å². The van der Waals surface area contributed by atoms with Crippen LogP contribution in [0.25, 0.3) is 0 Å². The first-order valence-corrected chi connectivity index (χ1v) is 7.49. The van der Waals surface area contributed by atoms with Gasteiger partial charge >= 0.3 is 12.1 Å². The highest BCUT2D eigenvalue weighted by Crippen LogP contribution is 2.30. The van der Waals surface area contributed by atoms with Gasteiger partial charge in [0.15, 0.2) is 0 Å². The molecule has 0 aliphatic rings. The number of rotatable bonds is 6. The molecule has 0 saturated heterocycles. The van der Waals surface area contributed by atoms with Gasteiger partial charge in [0.05, 0.1) is 17.9 Å². The predicted molar refractivity (Wildman–Crippen MR) is 86.0 cm³/mol. The van der Waals surface area contributed by atoms with E-state index in [1.807, 2.05) is 0 Å². The maximum absolute atomic E-state index is 12.7. The molecule has 0 heterocycles. The molecule has 0 spiro atoms. The number of halogens is 3. The highest BCUT2D eigenvalue weighted by molar-refractivity contribution is 5.94. The fraction of sp³-hybridized carbons (Fsp3) is 0.222. The molecule has 0 radical (unpaired) electrons. The van der Waals surface area contributed by atoms with Gasteiger partial charge in [-0.3, -0.25) is 9.59 Å². The van der Waals surface area contributed by atoms with Crippen molar-refractivity contribution in [3.63, 3.8) is 0 Å². The molecule has 2 N–H and O–H groups in total. The van der Waals surface area contributed by atoms with E-state index in [4.69, 9.17) is 5.11 Å². The summed E-state index contributed by atoms with van der Waals surface area (Å²) in [6, 6.07) is 13.1. The number of alkyl halides is 3. The minimum Gasteiger partial charge on any atom is -0.481 e. The number of benzene rings is 2. The van der Waals surface area contributed by atoms with Gasteiger partial charge in [0.1, 0.15) is 0 Å². The zero-order valence-electron chi connectivity index (χ0n) is 13.1. The second-order valence-corrected chi connectivity index (χ2v) is 5.55. The number of nitrogens with one attached hydrogen (secondary N) is 1. The van der Waals surface area contributed by atoms with E-state index >= 15 is 0 Å². The Kier molecular flexibility index (Phi) is 5.80. The van der Waals surface area contributed by atoms with Gasteiger partial charge in [0, 0.05) is 5.69 Å². The third kappa shape index (κ3) is 5.63. The monoisotopic (exact) mass is 351 g/mol. The van der Waals surface area contributed by atoms with Crippen LogP contribution in [-0.4, -0.2) is 17.0 Å². The summed E-state index contributed by atoms with van der Waals surface area (Å²) in [5, 5.41) is 11.4. The zero-order valence-corrected chi connectivity index (χ0v) is 13.1. The van der Waals surface area contributed by atoms with Gasteiger partial charge in [-0.15, -0.1) is 0 Å². The van der Waals surface area contributed by atoms with Crippen molar-refractivity contribution in [3.05, 3.63) is 65.7 Å². The van der Waals surface area contributed by atoms with Crippen LogP contribution in [0, 0.1) is 5.92 Å². The maximum Gasteiger partial charge on any atom is 0.416 e. The van der Waals surface area contributed by atoms with Crippen LogP contribution >= 0.6 is 0 Å². The predicted octanol–water partition coefficient (Wildman–Crippen LogP) is 3.98. The van der Waals surface area contributed by atoms with E-state index in [0.717, 1.165) is 17.7 Å². The molecule has 0 unspecified atom stereocenters. The van der Waals surface area contributed by atoms with Crippen LogP contribution in [0.2, 0.25) is 0 Å². The molecule has 7 heteroatoms.